The Hall–Kier alpha value is -2.58. The van der Waals surface area contributed by atoms with E-state index in [-0.39, 0.29) is 17.2 Å². The summed E-state index contributed by atoms with van der Waals surface area (Å²) < 4.78 is 29.4. The SMILES string of the molecule is CCOC(=O)c1ccc(NC(=O)c2ccc(N(C)S(C)(=O)=O)c(C)c2)cc1Cl. The molecular weight excluding hydrogens is 404 g/mol. The molecule has 28 heavy (non-hydrogen) atoms. The monoisotopic (exact) mass is 424 g/mol. The minimum absolute atomic E-state index is 0.164. The fourth-order valence-corrected chi connectivity index (χ4v) is 3.32. The lowest BCUT2D eigenvalue weighted by atomic mass is 10.1. The first-order valence-electron chi connectivity index (χ1n) is 8.37. The summed E-state index contributed by atoms with van der Waals surface area (Å²) in [4.78, 5) is 24.3. The number of sulfonamides is 1. The second kappa shape index (κ2) is 8.62. The van der Waals surface area contributed by atoms with Crippen molar-refractivity contribution < 1.29 is 22.7 Å². The van der Waals surface area contributed by atoms with E-state index in [9.17, 15) is 18.0 Å². The van der Waals surface area contributed by atoms with Gasteiger partial charge in [-0.25, -0.2) is 13.2 Å². The van der Waals surface area contributed by atoms with Crippen molar-refractivity contribution in [3.05, 3.63) is 58.1 Å². The Bertz CT molecular complexity index is 1020. The van der Waals surface area contributed by atoms with Crippen molar-refractivity contribution >= 4 is 44.9 Å². The third-order valence-electron chi connectivity index (χ3n) is 4.02. The molecule has 2 aromatic carbocycles. The molecule has 0 fully saturated rings. The maximum absolute atomic E-state index is 12.5. The van der Waals surface area contributed by atoms with Crippen molar-refractivity contribution in [2.24, 2.45) is 0 Å². The zero-order chi connectivity index (χ0) is 21.1. The van der Waals surface area contributed by atoms with Gasteiger partial charge >= 0.3 is 5.97 Å². The highest BCUT2D eigenvalue weighted by Crippen LogP contribution is 2.24. The summed E-state index contributed by atoms with van der Waals surface area (Å²) in [6.07, 6.45) is 1.11. The third-order valence-corrected chi connectivity index (χ3v) is 5.52. The molecule has 0 spiro atoms. The Kier molecular flexibility index (Phi) is 6.69. The van der Waals surface area contributed by atoms with Crippen LogP contribution in [0.25, 0.3) is 0 Å². The Balaban J connectivity index is 2.20. The molecule has 2 rings (SSSR count). The van der Waals surface area contributed by atoms with Gasteiger partial charge in [0, 0.05) is 18.3 Å². The fraction of sp³-hybridized carbons (Fsp3) is 0.263. The summed E-state index contributed by atoms with van der Waals surface area (Å²) in [5, 5.41) is 2.86. The molecule has 9 heteroatoms. The zero-order valence-electron chi connectivity index (χ0n) is 15.9. The van der Waals surface area contributed by atoms with Gasteiger partial charge in [0.15, 0.2) is 0 Å². The number of carbonyl (C=O) groups is 2. The molecule has 0 aliphatic carbocycles. The number of amides is 1. The number of carbonyl (C=O) groups excluding carboxylic acids is 2. The Morgan fingerprint density at radius 2 is 1.86 bits per heavy atom. The molecule has 0 saturated carbocycles. The average Bonchev–Trinajstić information content (AvgIpc) is 2.60. The van der Waals surface area contributed by atoms with Gasteiger partial charge in [0.05, 0.1) is 29.1 Å². The lowest BCUT2D eigenvalue weighted by Crippen LogP contribution is -2.25. The smallest absolute Gasteiger partial charge is 0.339 e. The third kappa shape index (κ3) is 5.02. The van der Waals surface area contributed by atoms with Crippen molar-refractivity contribution in [2.45, 2.75) is 13.8 Å². The second-order valence-electron chi connectivity index (χ2n) is 6.10. The highest BCUT2D eigenvalue weighted by atomic mass is 35.5. The lowest BCUT2D eigenvalue weighted by molar-refractivity contribution is 0.0526. The molecule has 0 saturated heterocycles. The molecule has 2 aromatic rings. The summed E-state index contributed by atoms with van der Waals surface area (Å²) in [5.74, 6) is -0.928. The maximum Gasteiger partial charge on any atom is 0.339 e. The van der Waals surface area contributed by atoms with Crippen LogP contribution in [-0.2, 0) is 14.8 Å². The molecule has 0 aromatic heterocycles. The van der Waals surface area contributed by atoms with E-state index in [1.54, 1.807) is 32.0 Å². The molecule has 1 N–H and O–H groups in total. The van der Waals surface area contributed by atoms with E-state index >= 15 is 0 Å². The van der Waals surface area contributed by atoms with Gasteiger partial charge in [0.1, 0.15) is 0 Å². The number of hydrogen-bond donors (Lipinski definition) is 1. The van der Waals surface area contributed by atoms with Crippen LogP contribution in [0.15, 0.2) is 36.4 Å². The van der Waals surface area contributed by atoms with E-state index in [2.05, 4.69) is 5.32 Å². The molecule has 0 atom stereocenters. The number of nitrogens with one attached hydrogen (secondary N) is 1. The van der Waals surface area contributed by atoms with Crippen LogP contribution in [0.3, 0.4) is 0 Å². The van der Waals surface area contributed by atoms with E-state index in [1.165, 1.54) is 25.2 Å². The number of ether oxygens (including phenoxy) is 1. The van der Waals surface area contributed by atoms with Crippen LogP contribution >= 0.6 is 11.6 Å². The fourth-order valence-electron chi connectivity index (χ4n) is 2.50. The van der Waals surface area contributed by atoms with E-state index < -0.39 is 21.9 Å². The van der Waals surface area contributed by atoms with Gasteiger partial charge in [0.2, 0.25) is 10.0 Å². The van der Waals surface area contributed by atoms with Crippen LogP contribution in [-0.4, -0.2) is 40.2 Å². The molecule has 150 valence electrons. The zero-order valence-corrected chi connectivity index (χ0v) is 17.5. The van der Waals surface area contributed by atoms with Crippen molar-refractivity contribution in [1.29, 1.82) is 0 Å². The number of anilines is 2. The maximum atomic E-state index is 12.5. The summed E-state index contributed by atoms with van der Waals surface area (Å²) in [6, 6.07) is 9.20. The van der Waals surface area contributed by atoms with Gasteiger partial charge in [-0.1, -0.05) is 11.6 Å². The molecule has 0 unspecified atom stereocenters. The summed E-state index contributed by atoms with van der Waals surface area (Å²) in [6.45, 7) is 3.65. The largest absolute Gasteiger partial charge is 0.462 e. The Morgan fingerprint density at radius 1 is 1.18 bits per heavy atom. The predicted octanol–water partition coefficient (Wildman–Crippen LogP) is 3.47. The number of nitrogens with zero attached hydrogens (tertiary/aromatic N) is 1. The molecule has 0 radical (unpaired) electrons. The summed E-state index contributed by atoms with van der Waals surface area (Å²) in [5.41, 5.74) is 2.11. The van der Waals surface area contributed by atoms with Crippen LogP contribution in [0.5, 0.6) is 0 Å². The van der Waals surface area contributed by atoms with Gasteiger partial charge in [-0.3, -0.25) is 9.10 Å². The Labute approximate surface area is 169 Å². The number of aryl methyl sites for hydroxylation is 1. The van der Waals surface area contributed by atoms with Gasteiger partial charge in [0.25, 0.3) is 5.91 Å². The lowest BCUT2D eigenvalue weighted by Gasteiger charge is -2.19. The van der Waals surface area contributed by atoms with Crippen molar-refractivity contribution in [1.82, 2.24) is 0 Å². The molecule has 0 bridgehead atoms. The number of halogens is 1. The van der Waals surface area contributed by atoms with Gasteiger partial charge in [-0.15, -0.1) is 0 Å². The van der Waals surface area contributed by atoms with Crippen LogP contribution in [0, 0.1) is 6.92 Å². The molecule has 0 aliphatic heterocycles. The molecule has 0 heterocycles. The van der Waals surface area contributed by atoms with E-state index in [0.717, 1.165) is 10.6 Å². The second-order valence-corrected chi connectivity index (χ2v) is 8.52. The van der Waals surface area contributed by atoms with Crippen LogP contribution < -0.4 is 9.62 Å². The van der Waals surface area contributed by atoms with Gasteiger partial charge in [-0.2, -0.15) is 0 Å². The van der Waals surface area contributed by atoms with Crippen molar-refractivity contribution in [3.63, 3.8) is 0 Å². The highest BCUT2D eigenvalue weighted by Gasteiger charge is 2.17. The number of hydrogen-bond acceptors (Lipinski definition) is 5. The normalized spacial score (nSPS) is 11.0. The van der Waals surface area contributed by atoms with E-state index in [1.807, 2.05) is 0 Å². The van der Waals surface area contributed by atoms with E-state index in [0.29, 0.717) is 22.5 Å². The van der Waals surface area contributed by atoms with Crippen LogP contribution in [0.2, 0.25) is 5.02 Å². The molecule has 0 aliphatic rings. The number of rotatable bonds is 6. The first-order valence-corrected chi connectivity index (χ1v) is 10.6. The molecule has 1 amide bonds. The average molecular weight is 425 g/mol. The topological polar surface area (TPSA) is 92.8 Å². The number of benzene rings is 2. The minimum atomic E-state index is -3.40. The standard InChI is InChI=1S/C19H21ClN2O5S/c1-5-27-19(24)15-8-7-14(11-16(15)20)21-18(23)13-6-9-17(12(2)10-13)22(3)28(4,25)26/h6-11H,5H2,1-4H3,(H,21,23). The van der Waals surface area contributed by atoms with Crippen LogP contribution in [0.1, 0.15) is 33.2 Å². The first-order chi connectivity index (χ1) is 13.0. The van der Waals surface area contributed by atoms with Gasteiger partial charge in [-0.05, 0) is 55.8 Å². The minimum Gasteiger partial charge on any atom is -0.462 e. The first kappa shape index (κ1) is 21.7. The summed E-state index contributed by atoms with van der Waals surface area (Å²) >= 11 is 6.10. The van der Waals surface area contributed by atoms with Crippen molar-refractivity contribution in [2.75, 3.05) is 29.5 Å². The quantitative estimate of drug-likeness (QED) is 0.716. The molecular formula is C19H21ClN2O5S. The molecule has 7 nitrogen and oxygen atoms in total. The summed E-state index contributed by atoms with van der Waals surface area (Å²) in [7, 11) is -1.95. The number of esters is 1. The van der Waals surface area contributed by atoms with Crippen LogP contribution in [0.4, 0.5) is 11.4 Å². The highest BCUT2D eigenvalue weighted by molar-refractivity contribution is 7.92. The van der Waals surface area contributed by atoms with Crippen molar-refractivity contribution in [3.8, 4) is 0 Å². The van der Waals surface area contributed by atoms with Gasteiger partial charge < -0.3 is 10.1 Å². The van der Waals surface area contributed by atoms with E-state index in [4.69, 9.17) is 16.3 Å². The predicted molar refractivity (Wildman–Crippen MR) is 110 cm³/mol. The Morgan fingerprint density at radius 3 is 2.39 bits per heavy atom.